The molecular formula is C29H33N5O6. The monoisotopic (exact) mass is 547 g/mol. The number of rotatable bonds is 5. The summed E-state index contributed by atoms with van der Waals surface area (Å²) in [6, 6.07) is 7.37. The van der Waals surface area contributed by atoms with Crippen molar-refractivity contribution in [1.29, 1.82) is 0 Å². The predicted molar refractivity (Wildman–Crippen MR) is 149 cm³/mol. The first kappa shape index (κ1) is 27.5. The maximum absolute atomic E-state index is 13.8. The Kier molecular flexibility index (Phi) is 6.54. The van der Waals surface area contributed by atoms with Crippen LogP contribution in [-0.4, -0.2) is 56.0 Å². The number of anilines is 1. The summed E-state index contributed by atoms with van der Waals surface area (Å²) in [5.41, 5.74) is 6.37. The van der Waals surface area contributed by atoms with Crippen LogP contribution in [0.1, 0.15) is 56.9 Å². The highest BCUT2D eigenvalue weighted by Gasteiger charge is 2.51. The lowest BCUT2D eigenvalue weighted by Gasteiger charge is -2.36. The van der Waals surface area contributed by atoms with Crippen LogP contribution in [0.4, 0.5) is 5.69 Å². The number of carbonyl (C=O) groups is 2. The van der Waals surface area contributed by atoms with Crippen LogP contribution in [0.3, 0.4) is 0 Å². The Balaban J connectivity index is 1.76. The Morgan fingerprint density at radius 3 is 2.62 bits per heavy atom. The third-order valence-electron chi connectivity index (χ3n) is 7.57. The Hall–Kier alpha value is -4.09. The highest BCUT2D eigenvalue weighted by molar-refractivity contribution is 6.03. The number of para-hydroxylation sites is 1. The molecule has 1 unspecified atom stereocenters. The second-order valence-corrected chi connectivity index (χ2v) is 11.5. The number of nitrogen functional groups attached to an aromatic ring is 1. The van der Waals surface area contributed by atoms with Gasteiger partial charge in [-0.3, -0.25) is 9.59 Å². The van der Waals surface area contributed by atoms with Gasteiger partial charge in [0.2, 0.25) is 5.91 Å². The molecule has 0 spiro atoms. The zero-order valence-electron chi connectivity index (χ0n) is 23.2. The lowest BCUT2D eigenvalue weighted by Crippen LogP contribution is -2.48. The molecule has 1 aromatic carbocycles. The highest BCUT2D eigenvalue weighted by atomic mass is 16.6. The van der Waals surface area contributed by atoms with Gasteiger partial charge < -0.3 is 25.3 Å². The fraction of sp³-hybridized carbons (Fsp3) is 0.414. The second kappa shape index (κ2) is 9.53. The van der Waals surface area contributed by atoms with Crippen molar-refractivity contribution in [3.63, 3.8) is 0 Å². The summed E-state index contributed by atoms with van der Waals surface area (Å²) >= 11 is 0. The van der Waals surface area contributed by atoms with Crippen LogP contribution in [0.15, 0.2) is 34.2 Å². The molecule has 0 fully saturated rings. The van der Waals surface area contributed by atoms with Crippen molar-refractivity contribution in [2.24, 2.45) is 16.4 Å². The Labute approximate surface area is 230 Å². The van der Waals surface area contributed by atoms with Crippen molar-refractivity contribution < 1.29 is 24.5 Å². The molecule has 0 saturated carbocycles. The molecule has 0 radical (unpaired) electrons. The number of aliphatic hydroxyl groups excluding tert-OH is 1. The van der Waals surface area contributed by atoms with Gasteiger partial charge in [-0.05, 0) is 12.0 Å². The van der Waals surface area contributed by atoms with Gasteiger partial charge in [0.25, 0.3) is 5.56 Å². The quantitative estimate of drug-likeness (QED) is 0.195. The molecule has 1 atom stereocenters. The Bertz CT molecular complexity index is 1650. The summed E-state index contributed by atoms with van der Waals surface area (Å²) < 4.78 is 6.71. The van der Waals surface area contributed by atoms with Gasteiger partial charge in [-0.25, -0.2) is 14.8 Å². The van der Waals surface area contributed by atoms with Gasteiger partial charge in [0.15, 0.2) is 5.60 Å². The summed E-state index contributed by atoms with van der Waals surface area (Å²) in [7, 11) is 0. The van der Waals surface area contributed by atoms with Crippen molar-refractivity contribution >= 4 is 34.7 Å². The third-order valence-corrected chi connectivity index (χ3v) is 7.57. The molecule has 4 N–H and O–H groups in total. The number of ether oxygens (including phenoxy) is 1. The van der Waals surface area contributed by atoms with Crippen LogP contribution in [0.25, 0.3) is 22.3 Å². The Morgan fingerprint density at radius 1 is 1.27 bits per heavy atom. The van der Waals surface area contributed by atoms with Gasteiger partial charge in [0.1, 0.15) is 6.61 Å². The average molecular weight is 548 g/mol. The minimum atomic E-state index is -2.09. The number of amides is 1. The van der Waals surface area contributed by atoms with E-state index in [-0.39, 0.29) is 49.0 Å². The highest BCUT2D eigenvalue weighted by Crippen LogP contribution is 2.46. The zero-order valence-corrected chi connectivity index (χ0v) is 23.2. The first-order valence-corrected chi connectivity index (χ1v) is 13.2. The van der Waals surface area contributed by atoms with Crippen LogP contribution in [-0.2, 0) is 33.1 Å². The normalized spacial score (nSPS) is 18.1. The standard InChI is InChI=1S/C29H33N5O6/c1-15(2)29(39)21-19(14-40-27(29)38)25(36)33-13-18-17(12-31-34(10-11-35)26(37)28(3,4)5)16-8-6-7-9-20(16)32-23(18)24(33)22(21)30/h6-9,12,15,35,39H,10-11,13-14,30H2,1-5H3. The largest absolute Gasteiger partial charge is 0.458 e. The number of fused-ring (bicyclic) bond motifs is 5. The summed E-state index contributed by atoms with van der Waals surface area (Å²) in [5.74, 6) is -1.73. The van der Waals surface area contributed by atoms with E-state index in [1.165, 1.54) is 9.58 Å². The molecule has 4 heterocycles. The van der Waals surface area contributed by atoms with Crippen molar-refractivity contribution in [2.45, 2.75) is 53.4 Å². The maximum atomic E-state index is 13.8. The lowest BCUT2D eigenvalue weighted by atomic mass is 9.78. The van der Waals surface area contributed by atoms with E-state index in [1.54, 1.807) is 40.8 Å². The van der Waals surface area contributed by atoms with Crippen LogP contribution in [0.2, 0.25) is 0 Å². The van der Waals surface area contributed by atoms with E-state index in [9.17, 15) is 24.6 Å². The third kappa shape index (κ3) is 3.99. The van der Waals surface area contributed by atoms with E-state index in [0.717, 1.165) is 5.39 Å². The van der Waals surface area contributed by atoms with Gasteiger partial charge in [-0.2, -0.15) is 5.10 Å². The van der Waals surface area contributed by atoms with Crippen LogP contribution in [0, 0.1) is 11.3 Å². The van der Waals surface area contributed by atoms with Crippen molar-refractivity contribution in [1.82, 2.24) is 14.6 Å². The van der Waals surface area contributed by atoms with E-state index in [2.05, 4.69) is 5.10 Å². The molecule has 0 bridgehead atoms. The van der Waals surface area contributed by atoms with Gasteiger partial charge in [0.05, 0.1) is 54.1 Å². The smallest absolute Gasteiger partial charge is 0.343 e. The topological polar surface area (TPSA) is 160 Å². The summed E-state index contributed by atoms with van der Waals surface area (Å²) in [6.45, 7) is 8.20. The number of esters is 1. The van der Waals surface area contributed by atoms with E-state index in [0.29, 0.717) is 28.0 Å². The van der Waals surface area contributed by atoms with Gasteiger partial charge in [0, 0.05) is 27.5 Å². The number of hydrazone groups is 1. The number of pyridine rings is 2. The Morgan fingerprint density at radius 2 is 1.98 bits per heavy atom. The summed E-state index contributed by atoms with van der Waals surface area (Å²) in [4.78, 5) is 44.4. The molecule has 3 aromatic rings. The number of cyclic esters (lactones) is 1. The predicted octanol–water partition coefficient (Wildman–Crippen LogP) is 2.11. The fourth-order valence-electron chi connectivity index (χ4n) is 5.41. The average Bonchev–Trinajstić information content (AvgIpc) is 3.29. The second-order valence-electron chi connectivity index (χ2n) is 11.5. The molecule has 2 aliphatic heterocycles. The number of nitrogens with zero attached hydrogens (tertiary/aromatic N) is 4. The van der Waals surface area contributed by atoms with Crippen LogP contribution >= 0.6 is 0 Å². The molecular weight excluding hydrogens is 514 g/mol. The van der Waals surface area contributed by atoms with Crippen molar-refractivity contribution in [3.8, 4) is 11.4 Å². The van der Waals surface area contributed by atoms with Crippen LogP contribution in [0.5, 0.6) is 0 Å². The fourth-order valence-corrected chi connectivity index (χ4v) is 5.41. The molecule has 40 heavy (non-hydrogen) atoms. The summed E-state index contributed by atoms with van der Waals surface area (Å²) in [6.07, 6.45) is 1.55. The van der Waals surface area contributed by atoms with Crippen molar-refractivity contribution in [2.75, 3.05) is 18.9 Å². The number of carbonyl (C=O) groups excluding carboxylic acids is 2. The maximum Gasteiger partial charge on any atom is 0.343 e. The first-order valence-electron chi connectivity index (χ1n) is 13.2. The number of nitrogens with two attached hydrogens (primary N) is 1. The number of aromatic nitrogens is 2. The van der Waals surface area contributed by atoms with Gasteiger partial charge in [-0.1, -0.05) is 52.8 Å². The van der Waals surface area contributed by atoms with Gasteiger partial charge in [-0.15, -0.1) is 0 Å². The molecule has 11 nitrogen and oxygen atoms in total. The SMILES string of the molecule is CC(C)C1(O)C(=O)OCc2c1c(N)c1n(c2=O)Cc2c-1nc1ccccc1c2C=NN(CCO)C(=O)C(C)(C)C. The molecule has 1 amide bonds. The molecule has 11 heteroatoms. The van der Waals surface area contributed by atoms with Crippen LogP contribution < -0.4 is 11.3 Å². The van der Waals surface area contributed by atoms with Gasteiger partial charge >= 0.3 is 5.97 Å². The lowest BCUT2D eigenvalue weighted by molar-refractivity contribution is -0.177. The molecule has 2 aliphatic rings. The number of aliphatic hydroxyl groups is 2. The van der Waals surface area contributed by atoms with E-state index in [1.807, 2.05) is 24.3 Å². The number of hydrogen-bond donors (Lipinski definition) is 3. The molecule has 0 saturated heterocycles. The minimum absolute atomic E-state index is 0.0129. The zero-order chi connectivity index (χ0) is 29.1. The van der Waals surface area contributed by atoms with E-state index < -0.39 is 28.5 Å². The number of hydrogen-bond acceptors (Lipinski definition) is 9. The van der Waals surface area contributed by atoms with E-state index >= 15 is 0 Å². The van der Waals surface area contributed by atoms with Crippen molar-refractivity contribution in [3.05, 3.63) is 56.9 Å². The van der Waals surface area contributed by atoms with E-state index in [4.69, 9.17) is 15.5 Å². The molecule has 5 rings (SSSR count). The molecule has 210 valence electrons. The molecule has 2 aromatic heterocycles. The first-order chi connectivity index (χ1) is 18.8. The number of benzene rings is 1. The summed E-state index contributed by atoms with van der Waals surface area (Å²) in [5, 5.41) is 27.5. The minimum Gasteiger partial charge on any atom is -0.458 e. The molecule has 0 aliphatic carbocycles.